The van der Waals surface area contributed by atoms with Crippen LogP contribution in [0.5, 0.6) is 11.5 Å². The zero-order chi connectivity index (χ0) is 19.2. The normalized spacial score (nSPS) is 18.0. The molecule has 0 spiro atoms. The number of piperidine rings is 1. The first-order valence-electron chi connectivity index (χ1n) is 9.29. The van der Waals surface area contributed by atoms with Crippen molar-refractivity contribution in [1.29, 1.82) is 0 Å². The summed E-state index contributed by atoms with van der Waals surface area (Å²) in [5.74, 6) is 2.40. The maximum atomic E-state index is 12.4. The van der Waals surface area contributed by atoms with E-state index in [4.69, 9.17) is 9.47 Å². The molecule has 2 unspecified atom stereocenters. The van der Waals surface area contributed by atoms with Crippen molar-refractivity contribution in [3.8, 4) is 22.8 Å². The van der Waals surface area contributed by atoms with E-state index in [0.29, 0.717) is 23.4 Å². The first-order valence-corrected chi connectivity index (χ1v) is 10.2. The Morgan fingerprint density at radius 3 is 2.96 bits per heavy atom. The van der Waals surface area contributed by atoms with Gasteiger partial charge in [-0.15, -0.1) is 11.3 Å². The predicted octanol–water partition coefficient (Wildman–Crippen LogP) is 3.79. The number of hydrogen-bond acceptors (Lipinski definition) is 6. The minimum Gasteiger partial charge on any atom is -0.497 e. The topological polar surface area (TPSA) is 72.5 Å². The number of nitrogens with one attached hydrogen (secondary N) is 2. The number of carbonyl (C=O) groups excluding carboxylic acids is 1. The molecule has 0 radical (unpaired) electrons. The first kappa shape index (κ1) is 19.6. The lowest BCUT2D eigenvalue weighted by atomic mass is 9.85. The van der Waals surface area contributed by atoms with Gasteiger partial charge in [-0.05, 0) is 56.0 Å². The molecule has 1 saturated heterocycles. The Labute approximate surface area is 164 Å². The lowest BCUT2D eigenvalue weighted by Gasteiger charge is -2.27. The van der Waals surface area contributed by atoms with Crippen molar-refractivity contribution in [2.24, 2.45) is 11.8 Å². The van der Waals surface area contributed by atoms with E-state index >= 15 is 0 Å². The van der Waals surface area contributed by atoms with E-state index in [0.717, 1.165) is 35.8 Å². The van der Waals surface area contributed by atoms with Crippen molar-refractivity contribution in [3.63, 3.8) is 0 Å². The molecule has 2 atom stereocenters. The summed E-state index contributed by atoms with van der Waals surface area (Å²) in [6.07, 6.45) is 2.90. The summed E-state index contributed by atoms with van der Waals surface area (Å²) in [7, 11) is 3.25. The molecular formula is C20H27N3O3S. The van der Waals surface area contributed by atoms with Crippen molar-refractivity contribution in [2.75, 3.05) is 32.6 Å². The van der Waals surface area contributed by atoms with Gasteiger partial charge in [-0.25, -0.2) is 4.98 Å². The number of aromatic nitrogens is 1. The summed E-state index contributed by atoms with van der Waals surface area (Å²) in [5, 5.41) is 8.88. The third-order valence-electron chi connectivity index (χ3n) is 5.08. The van der Waals surface area contributed by atoms with Crippen LogP contribution in [-0.2, 0) is 4.79 Å². The summed E-state index contributed by atoms with van der Waals surface area (Å²) >= 11 is 1.42. The van der Waals surface area contributed by atoms with E-state index in [1.54, 1.807) is 14.2 Å². The second-order valence-electron chi connectivity index (χ2n) is 6.94. The molecule has 1 aliphatic heterocycles. The van der Waals surface area contributed by atoms with Gasteiger partial charge in [0, 0.05) is 17.4 Å². The average Bonchev–Trinajstić information content (AvgIpc) is 3.16. The smallest absolute Gasteiger partial charge is 0.226 e. The van der Waals surface area contributed by atoms with Crippen LogP contribution >= 0.6 is 11.3 Å². The van der Waals surface area contributed by atoms with Crippen LogP contribution in [0.25, 0.3) is 11.3 Å². The quantitative estimate of drug-likeness (QED) is 0.754. The van der Waals surface area contributed by atoms with Crippen molar-refractivity contribution < 1.29 is 14.3 Å². The van der Waals surface area contributed by atoms with Gasteiger partial charge >= 0.3 is 0 Å². The molecule has 2 aromatic rings. The van der Waals surface area contributed by atoms with Crippen molar-refractivity contribution in [2.45, 2.75) is 26.2 Å². The number of thiazole rings is 1. The van der Waals surface area contributed by atoms with Crippen LogP contribution in [0.4, 0.5) is 5.13 Å². The van der Waals surface area contributed by atoms with E-state index in [2.05, 4.69) is 22.5 Å². The number of amides is 1. The molecule has 3 rings (SSSR count). The van der Waals surface area contributed by atoms with Gasteiger partial charge in [0.05, 0.1) is 19.9 Å². The van der Waals surface area contributed by atoms with Crippen molar-refractivity contribution >= 4 is 22.4 Å². The van der Waals surface area contributed by atoms with Crippen molar-refractivity contribution in [1.82, 2.24) is 10.3 Å². The number of hydrogen-bond donors (Lipinski definition) is 2. The van der Waals surface area contributed by atoms with Crippen molar-refractivity contribution in [3.05, 3.63) is 23.6 Å². The second-order valence-corrected chi connectivity index (χ2v) is 7.80. The summed E-state index contributed by atoms with van der Waals surface area (Å²) in [4.78, 5) is 17.0. The Hall–Kier alpha value is -2.12. The molecule has 1 aromatic heterocycles. The number of rotatable bonds is 7. The van der Waals surface area contributed by atoms with Crippen LogP contribution in [0.3, 0.4) is 0 Å². The Morgan fingerprint density at radius 1 is 1.41 bits per heavy atom. The highest BCUT2D eigenvalue weighted by atomic mass is 32.1. The van der Waals surface area contributed by atoms with E-state index in [9.17, 15) is 4.79 Å². The molecule has 0 saturated carbocycles. The molecule has 7 heteroatoms. The highest BCUT2D eigenvalue weighted by Crippen LogP contribution is 2.35. The number of anilines is 1. The highest BCUT2D eigenvalue weighted by molar-refractivity contribution is 7.14. The molecule has 2 N–H and O–H groups in total. The number of methoxy groups -OCH3 is 2. The lowest BCUT2D eigenvalue weighted by Crippen LogP contribution is -2.34. The molecule has 146 valence electrons. The zero-order valence-corrected chi connectivity index (χ0v) is 16.9. The largest absolute Gasteiger partial charge is 0.497 e. The van der Waals surface area contributed by atoms with Crippen LogP contribution in [0, 0.1) is 11.8 Å². The molecule has 1 aliphatic rings. The summed E-state index contributed by atoms with van der Waals surface area (Å²) in [6.45, 7) is 4.25. The molecule has 6 nitrogen and oxygen atoms in total. The molecule has 0 aliphatic carbocycles. The molecule has 1 aromatic carbocycles. The van der Waals surface area contributed by atoms with Crippen LogP contribution in [0.1, 0.15) is 26.2 Å². The average molecular weight is 390 g/mol. The summed E-state index contributed by atoms with van der Waals surface area (Å²) in [6, 6.07) is 5.59. The van der Waals surface area contributed by atoms with Gasteiger partial charge in [0.1, 0.15) is 11.5 Å². The molecule has 0 bridgehead atoms. The fraction of sp³-hybridized carbons (Fsp3) is 0.500. The van der Waals surface area contributed by atoms with Crippen LogP contribution in [0.2, 0.25) is 0 Å². The van der Waals surface area contributed by atoms with Gasteiger partial charge in [0.25, 0.3) is 0 Å². The Kier molecular flexibility index (Phi) is 6.68. The van der Waals surface area contributed by atoms with E-state index in [1.807, 2.05) is 23.6 Å². The van der Waals surface area contributed by atoms with Crippen LogP contribution in [-0.4, -0.2) is 38.2 Å². The maximum absolute atomic E-state index is 12.4. The Bertz CT molecular complexity index is 772. The predicted molar refractivity (Wildman–Crippen MR) is 109 cm³/mol. The van der Waals surface area contributed by atoms with Gasteiger partial charge in [-0.1, -0.05) is 6.92 Å². The second kappa shape index (κ2) is 9.19. The number of carbonyl (C=O) groups is 1. The Morgan fingerprint density at radius 2 is 2.26 bits per heavy atom. The van der Waals surface area contributed by atoms with E-state index < -0.39 is 0 Å². The summed E-state index contributed by atoms with van der Waals surface area (Å²) < 4.78 is 10.7. The minimum atomic E-state index is 0.0200. The SMILES string of the molecule is COc1ccc(OC)c(-c2csc(NC(=O)CC(C)C3CCCNC3)n2)c1. The maximum Gasteiger partial charge on any atom is 0.226 e. The Balaban J connectivity index is 1.64. The minimum absolute atomic E-state index is 0.0200. The number of nitrogens with zero attached hydrogens (tertiary/aromatic N) is 1. The molecular weight excluding hydrogens is 362 g/mol. The van der Waals surface area contributed by atoms with Gasteiger partial charge < -0.3 is 20.1 Å². The lowest BCUT2D eigenvalue weighted by molar-refractivity contribution is -0.117. The number of benzene rings is 1. The molecule has 1 amide bonds. The highest BCUT2D eigenvalue weighted by Gasteiger charge is 2.22. The fourth-order valence-electron chi connectivity index (χ4n) is 3.46. The molecule has 27 heavy (non-hydrogen) atoms. The van der Waals surface area contributed by atoms with Crippen LogP contribution < -0.4 is 20.1 Å². The van der Waals surface area contributed by atoms with E-state index in [-0.39, 0.29) is 5.91 Å². The van der Waals surface area contributed by atoms with E-state index in [1.165, 1.54) is 24.2 Å². The third kappa shape index (κ3) is 4.99. The zero-order valence-electron chi connectivity index (χ0n) is 16.1. The molecule has 2 heterocycles. The van der Waals surface area contributed by atoms with Gasteiger partial charge in [0.2, 0.25) is 5.91 Å². The number of ether oxygens (including phenoxy) is 2. The first-order chi connectivity index (χ1) is 13.1. The van der Waals surface area contributed by atoms with Crippen LogP contribution in [0.15, 0.2) is 23.6 Å². The third-order valence-corrected chi connectivity index (χ3v) is 5.84. The monoisotopic (exact) mass is 389 g/mol. The van der Waals surface area contributed by atoms with Gasteiger partial charge in [0.15, 0.2) is 5.13 Å². The van der Waals surface area contributed by atoms with Gasteiger partial charge in [-0.3, -0.25) is 4.79 Å². The summed E-state index contributed by atoms with van der Waals surface area (Å²) in [5.41, 5.74) is 1.60. The standard InChI is InChI=1S/C20H27N3O3S/c1-13(14-5-4-8-21-11-14)9-19(24)23-20-22-17(12-27-20)16-10-15(25-2)6-7-18(16)26-3/h6-7,10,12-14,21H,4-5,8-9,11H2,1-3H3,(H,22,23,24). The molecule has 1 fully saturated rings. The van der Waals surface area contributed by atoms with Gasteiger partial charge in [-0.2, -0.15) is 0 Å². The fourth-order valence-corrected chi connectivity index (χ4v) is 4.19.